The molecule has 136 valence electrons. The molecule has 2 aromatic carbocycles. The number of aromatic nitrogens is 1. The van der Waals surface area contributed by atoms with Gasteiger partial charge in [0.15, 0.2) is 0 Å². The second-order valence-corrected chi connectivity index (χ2v) is 5.97. The highest BCUT2D eigenvalue weighted by Crippen LogP contribution is 2.21. The minimum atomic E-state index is -0.392. The Labute approximate surface area is 161 Å². The Hall–Kier alpha value is -3.38. The summed E-state index contributed by atoms with van der Waals surface area (Å²) in [5.74, 6) is -0.741. The number of rotatable bonds is 5. The molecule has 2 N–H and O–H groups in total. The summed E-state index contributed by atoms with van der Waals surface area (Å²) in [5, 5.41) is 6.32. The predicted molar refractivity (Wildman–Crippen MR) is 105 cm³/mol. The summed E-state index contributed by atoms with van der Waals surface area (Å²) >= 11 is 6.04. The standard InChI is InChI=1S/C20H16ClN3O3/c1-27-20(26)13-6-8-14(9-7-13)23-15-10-11-18(22-12-15)19(25)24-17-5-3-2-4-16(17)21/h2-12,23H,1H3,(H,24,25). The molecule has 0 saturated heterocycles. The average Bonchev–Trinajstić information content (AvgIpc) is 2.70. The Kier molecular flexibility index (Phi) is 5.68. The van der Waals surface area contributed by atoms with E-state index in [0.717, 1.165) is 5.69 Å². The van der Waals surface area contributed by atoms with E-state index in [9.17, 15) is 9.59 Å². The van der Waals surface area contributed by atoms with E-state index in [-0.39, 0.29) is 11.6 Å². The van der Waals surface area contributed by atoms with Gasteiger partial charge in [-0.1, -0.05) is 23.7 Å². The number of para-hydroxylation sites is 1. The van der Waals surface area contributed by atoms with Gasteiger partial charge in [-0.3, -0.25) is 4.79 Å². The predicted octanol–water partition coefficient (Wildman–Crippen LogP) is 4.52. The van der Waals surface area contributed by atoms with Gasteiger partial charge in [0.1, 0.15) is 5.69 Å². The number of hydrogen-bond acceptors (Lipinski definition) is 5. The fourth-order valence-corrected chi connectivity index (χ4v) is 2.51. The number of pyridine rings is 1. The zero-order chi connectivity index (χ0) is 19.2. The molecule has 0 aliphatic carbocycles. The lowest BCUT2D eigenvalue weighted by Crippen LogP contribution is -2.13. The number of carbonyl (C=O) groups excluding carboxylic acids is 2. The van der Waals surface area contributed by atoms with Crippen LogP contribution >= 0.6 is 11.6 Å². The monoisotopic (exact) mass is 381 g/mol. The first-order valence-corrected chi connectivity index (χ1v) is 8.42. The molecule has 0 bridgehead atoms. The molecule has 1 aromatic heterocycles. The van der Waals surface area contributed by atoms with Gasteiger partial charge in [-0.05, 0) is 48.5 Å². The summed E-state index contributed by atoms with van der Waals surface area (Å²) < 4.78 is 4.66. The smallest absolute Gasteiger partial charge is 0.337 e. The van der Waals surface area contributed by atoms with Crippen molar-refractivity contribution in [1.82, 2.24) is 4.98 Å². The maximum atomic E-state index is 12.3. The number of halogens is 1. The second-order valence-electron chi connectivity index (χ2n) is 5.56. The van der Waals surface area contributed by atoms with Crippen LogP contribution in [0.1, 0.15) is 20.8 Å². The number of esters is 1. The van der Waals surface area contributed by atoms with E-state index < -0.39 is 5.97 Å². The van der Waals surface area contributed by atoms with Crippen LogP contribution in [0.15, 0.2) is 66.9 Å². The Morgan fingerprint density at radius 3 is 2.30 bits per heavy atom. The lowest BCUT2D eigenvalue weighted by atomic mass is 10.2. The first-order chi connectivity index (χ1) is 13.1. The Bertz CT molecular complexity index is 957. The third kappa shape index (κ3) is 4.62. The molecule has 0 radical (unpaired) electrons. The maximum Gasteiger partial charge on any atom is 0.337 e. The first-order valence-electron chi connectivity index (χ1n) is 8.04. The fourth-order valence-electron chi connectivity index (χ4n) is 2.33. The summed E-state index contributed by atoms with van der Waals surface area (Å²) in [5.41, 5.74) is 2.74. The van der Waals surface area contributed by atoms with Gasteiger partial charge in [0.25, 0.3) is 5.91 Å². The van der Waals surface area contributed by atoms with E-state index in [2.05, 4.69) is 20.4 Å². The molecule has 0 saturated carbocycles. The van der Waals surface area contributed by atoms with Crippen molar-refractivity contribution in [3.63, 3.8) is 0 Å². The lowest BCUT2D eigenvalue weighted by molar-refractivity contribution is 0.0600. The molecule has 0 fully saturated rings. The number of amides is 1. The quantitative estimate of drug-likeness (QED) is 0.635. The van der Waals surface area contributed by atoms with Crippen molar-refractivity contribution in [2.75, 3.05) is 17.7 Å². The van der Waals surface area contributed by atoms with Gasteiger partial charge in [-0.25, -0.2) is 9.78 Å². The van der Waals surface area contributed by atoms with Gasteiger partial charge in [-0.2, -0.15) is 0 Å². The molecular formula is C20H16ClN3O3. The van der Waals surface area contributed by atoms with Crippen LogP contribution in [0.5, 0.6) is 0 Å². The molecular weight excluding hydrogens is 366 g/mol. The SMILES string of the molecule is COC(=O)c1ccc(Nc2ccc(C(=O)Nc3ccccc3Cl)nc2)cc1. The average molecular weight is 382 g/mol. The number of methoxy groups -OCH3 is 1. The van der Waals surface area contributed by atoms with Crippen LogP contribution in [0.4, 0.5) is 17.1 Å². The number of anilines is 3. The molecule has 3 rings (SSSR count). The highest BCUT2D eigenvalue weighted by molar-refractivity contribution is 6.33. The van der Waals surface area contributed by atoms with Crippen LogP contribution in [0, 0.1) is 0 Å². The number of hydrogen-bond donors (Lipinski definition) is 2. The number of nitrogens with zero attached hydrogens (tertiary/aromatic N) is 1. The molecule has 0 aliphatic rings. The van der Waals surface area contributed by atoms with E-state index >= 15 is 0 Å². The minimum absolute atomic E-state index is 0.265. The maximum absolute atomic E-state index is 12.3. The van der Waals surface area contributed by atoms with Crippen molar-refractivity contribution >= 4 is 40.5 Å². The van der Waals surface area contributed by atoms with Gasteiger partial charge in [0, 0.05) is 5.69 Å². The number of carbonyl (C=O) groups is 2. The summed E-state index contributed by atoms with van der Waals surface area (Å²) in [6.07, 6.45) is 1.55. The largest absolute Gasteiger partial charge is 0.465 e. The van der Waals surface area contributed by atoms with E-state index in [1.54, 1.807) is 66.9 Å². The van der Waals surface area contributed by atoms with Gasteiger partial charge in [0.05, 0.1) is 35.3 Å². The molecule has 0 spiro atoms. The van der Waals surface area contributed by atoms with Gasteiger partial charge < -0.3 is 15.4 Å². The second kappa shape index (κ2) is 8.33. The van der Waals surface area contributed by atoms with Crippen LogP contribution in [0.3, 0.4) is 0 Å². The van der Waals surface area contributed by atoms with E-state index in [1.807, 2.05) is 0 Å². The van der Waals surface area contributed by atoms with Crippen molar-refractivity contribution in [1.29, 1.82) is 0 Å². The molecule has 3 aromatic rings. The molecule has 7 heteroatoms. The van der Waals surface area contributed by atoms with E-state index in [4.69, 9.17) is 11.6 Å². The zero-order valence-electron chi connectivity index (χ0n) is 14.4. The van der Waals surface area contributed by atoms with Crippen LogP contribution in [0.25, 0.3) is 0 Å². The number of benzene rings is 2. The van der Waals surface area contributed by atoms with Crippen LogP contribution in [0.2, 0.25) is 5.02 Å². The van der Waals surface area contributed by atoms with Crippen molar-refractivity contribution in [3.05, 3.63) is 83.1 Å². The fraction of sp³-hybridized carbons (Fsp3) is 0.0500. The van der Waals surface area contributed by atoms with E-state index in [0.29, 0.717) is 22.0 Å². The number of nitrogens with one attached hydrogen (secondary N) is 2. The van der Waals surface area contributed by atoms with E-state index in [1.165, 1.54) is 7.11 Å². The highest BCUT2D eigenvalue weighted by Gasteiger charge is 2.10. The number of ether oxygens (including phenoxy) is 1. The normalized spacial score (nSPS) is 10.1. The first kappa shape index (κ1) is 18.4. The topological polar surface area (TPSA) is 80.3 Å². The Morgan fingerprint density at radius 2 is 1.67 bits per heavy atom. The lowest BCUT2D eigenvalue weighted by Gasteiger charge is -2.09. The molecule has 0 atom stereocenters. The molecule has 27 heavy (non-hydrogen) atoms. The van der Waals surface area contributed by atoms with Crippen LogP contribution < -0.4 is 10.6 Å². The third-order valence-corrected chi connectivity index (χ3v) is 4.04. The van der Waals surface area contributed by atoms with Crippen molar-refractivity contribution in [2.24, 2.45) is 0 Å². The summed E-state index contributed by atoms with van der Waals surface area (Å²) in [4.78, 5) is 27.9. The molecule has 1 heterocycles. The summed E-state index contributed by atoms with van der Waals surface area (Å²) in [6.45, 7) is 0. The van der Waals surface area contributed by atoms with Crippen LogP contribution in [-0.4, -0.2) is 24.0 Å². The van der Waals surface area contributed by atoms with Crippen molar-refractivity contribution in [3.8, 4) is 0 Å². The third-order valence-electron chi connectivity index (χ3n) is 3.71. The molecule has 0 aliphatic heterocycles. The van der Waals surface area contributed by atoms with Gasteiger partial charge >= 0.3 is 5.97 Å². The Morgan fingerprint density at radius 1 is 0.963 bits per heavy atom. The van der Waals surface area contributed by atoms with Gasteiger partial charge in [-0.15, -0.1) is 0 Å². The minimum Gasteiger partial charge on any atom is -0.465 e. The zero-order valence-corrected chi connectivity index (χ0v) is 15.2. The molecule has 0 unspecified atom stereocenters. The van der Waals surface area contributed by atoms with Crippen molar-refractivity contribution in [2.45, 2.75) is 0 Å². The molecule has 1 amide bonds. The summed E-state index contributed by atoms with van der Waals surface area (Å²) in [7, 11) is 1.34. The van der Waals surface area contributed by atoms with Crippen LogP contribution in [-0.2, 0) is 4.74 Å². The van der Waals surface area contributed by atoms with Gasteiger partial charge in [0.2, 0.25) is 0 Å². The molecule has 6 nitrogen and oxygen atoms in total. The summed E-state index contributed by atoms with van der Waals surface area (Å²) in [6, 6.07) is 17.2. The Balaban J connectivity index is 1.65. The highest BCUT2D eigenvalue weighted by atomic mass is 35.5. The van der Waals surface area contributed by atoms with Crippen molar-refractivity contribution < 1.29 is 14.3 Å².